The van der Waals surface area contributed by atoms with Crippen LogP contribution in [0.2, 0.25) is 10.0 Å². The summed E-state index contributed by atoms with van der Waals surface area (Å²) < 4.78 is 31.6. The summed E-state index contributed by atoms with van der Waals surface area (Å²) in [7, 11) is -2.78. The molecule has 0 aliphatic heterocycles. The number of carbonyl (C=O) groups excluding carboxylic acids is 1. The van der Waals surface area contributed by atoms with Crippen molar-refractivity contribution < 1.29 is 17.9 Å². The number of hydrogen-bond donors (Lipinski definition) is 1. The Kier molecular flexibility index (Phi) is 6.46. The van der Waals surface area contributed by atoms with E-state index >= 15 is 0 Å². The standard InChI is InChI=1S/C13H17Cl2NO4S/c1-8(2)7-10(13(17)20-3)16-21(18,19)11-6-4-5-9(14)12(11)15/h4-6,8,10,16H,7H2,1-3H3. The third kappa shape index (κ3) is 4.85. The Labute approximate surface area is 134 Å². The fourth-order valence-corrected chi connectivity index (χ4v) is 3.71. The number of benzene rings is 1. The van der Waals surface area contributed by atoms with E-state index in [1.54, 1.807) is 0 Å². The van der Waals surface area contributed by atoms with Gasteiger partial charge in [0.15, 0.2) is 0 Å². The number of rotatable bonds is 6. The van der Waals surface area contributed by atoms with E-state index in [-0.39, 0.29) is 20.9 Å². The summed E-state index contributed by atoms with van der Waals surface area (Å²) in [4.78, 5) is 11.5. The molecule has 0 aromatic heterocycles. The number of halogens is 2. The second kappa shape index (κ2) is 7.45. The molecule has 1 atom stereocenters. The van der Waals surface area contributed by atoms with Gasteiger partial charge in [0.1, 0.15) is 10.9 Å². The molecular formula is C13H17Cl2NO4S. The van der Waals surface area contributed by atoms with E-state index in [9.17, 15) is 13.2 Å². The van der Waals surface area contributed by atoms with Crippen molar-refractivity contribution in [3.8, 4) is 0 Å². The monoisotopic (exact) mass is 353 g/mol. The van der Waals surface area contributed by atoms with Crippen molar-refractivity contribution in [1.29, 1.82) is 0 Å². The van der Waals surface area contributed by atoms with Crippen LogP contribution in [0.1, 0.15) is 20.3 Å². The van der Waals surface area contributed by atoms with Crippen LogP contribution in [0.4, 0.5) is 0 Å². The highest BCUT2D eigenvalue weighted by Crippen LogP contribution is 2.29. The van der Waals surface area contributed by atoms with Gasteiger partial charge in [-0.2, -0.15) is 4.72 Å². The van der Waals surface area contributed by atoms with Crippen molar-refractivity contribution in [3.63, 3.8) is 0 Å². The van der Waals surface area contributed by atoms with E-state index in [1.165, 1.54) is 25.3 Å². The van der Waals surface area contributed by atoms with Crippen LogP contribution in [-0.2, 0) is 19.6 Å². The third-order valence-corrected chi connectivity index (χ3v) is 5.14. The molecule has 0 amide bonds. The summed E-state index contributed by atoms with van der Waals surface area (Å²) in [6.07, 6.45) is 0.310. The van der Waals surface area contributed by atoms with Gasteiger partial charge in [-0.15, -0.1) is 0 Å². The van der Waals surface area contributed by atoms with Gasteiger partial charge in [0, 0.05) is 0 Å². The van der Waals surface area contributed by atoms with Crippen molar-refractivity contribution >= 4 is 39.2 Å². The quantitative estimate of drug-likeness (QED) is 0.798. The van der Waals surface area contributed by atoms with Crippen molar-refractivity contribution in [1.82, 2.24) is 4.72 Å². The van der Waals surface area contributed by atoms with E-state index in [1.807, 2.05) is 13.8 Å². The number of ether oxygens (including phenoxy) is 1. The Morgan fingerprint density at radius 3 is 2.48 bits per heavy atom. The number of nitrogens with one attached hydrogen (secondary N) is 1. The van der Waals surface area contributed by atoms with E-state index in [0.717, 1.165) is 0 Å². The maximum Gasteiger partial charge on any atom is 0.323 e. The Bertz CT molecular complexity index is 617. The van der Waals surface area contributed by atoms with Crippen molar-refractivity contribution in [2.75, 3.05) is 7.11 Å². The molecule has 0 saturated heterocycles. The summed E-state index contributed by atoms with van der Waals surface area (Å²) >= 11 is 11.7. The highest BCUT2D eigenvalue weighted by molar-refractivity contribution is 7.89. The first-order valence-electron chi connectivity index (χ1n) is 6.23. The summed E-state index contributed by atoms with van der Waals surface area (Å²) in [6, 6.07) is 3.29. The van der Waals surface area contributed by atoms with Crippen LogP contribution in [0.25, 0.3) is 0 Å². The molecule has 1 N–H and O–H groups in total. The van der Waals surface area contributed by atoms with Crippen LogP contribution < -0.4 is 4.72 Å². The number of carbonyl (C=O) groups is 1. The van der Waals surface area contributed by atoms with E-state index in [0.29, 0.717) is 6.42 Å². The van der Waals surface area contributed by atoms with Crippen molar-refractivity contribution in [3.05, 3.63) is 28.2 Å². The Morgan fingerprint density at radius 1 is 1.33 bits per heavy atom. The molecule has 0 radical (unpaired) electrons. The van der Waals surface area contributed by atoms with Gasteiger partial charge in [-0.05, 0) is 24.5 Å². The average molecular weight is 354 g/mol. The van der Waals surface area contributed by atoms with Gasteiger partial charge in [-0.1, -0.05) is 43.1 Å². The van der Waals surface area contributed by atoms with Gasteiger partial charge >= 0.3 is 5.97 Å². The van der Waals surface area contributed by atoms with Gasteiger partial charge in [0.05, 0.1) is 17.2 Å². The molecule has 1 aromatic carbocycles. The molecule has 0 heterocycles. The minimum atomic E-state index is -3.98. The lowest BCUT2D eigenvalue weighted by molar-refractivity contribution is -0.143. The first-order valence-corrected chi connectivity index (χ1v) is 8.47. The zero-order chi connectivity index (χ0) is 16.2. The predicted octanol–water partition coefficient (Wildman–Crippen LogP) is 2.86. The third-order valence-electron chi connectivity index (χ3n) is 2.70. The number of esters is 1. The lowest BCUT2D eigenvalue weighted by Gasteiger charge is -2.18. The zero-order valence-electron chi connectivity index (χ0n) is 11.9. The second-order valence-electron chi connectivity index (χ2n) is 4.88. The van der Waals surface area contributed by atoms with Crippen molar-refractivity contribution in [2.45, 2.75) is 31.2 Å². The Balaban J connectivity index is 3.11. The van der Waals surface area contributed by atoms with Crippen LogP contribution in [0, 0.1) is 5.92 Å². The van der Waals surface area contributed by atoms with E-state index < -0.39 is 22.0 Å². The maximum absolute atomic E-state index is 12.4. The molecule has 118 valence electrons. The van der Waals surface area contributed by atoms with E-state index in [2.05, 4.69) is 9.46 Å². The maximum atomic E-state index is 12.4. The number of hydrogen-bond acceptors (Lipinski definition) is 4. The molecule has 8 heteroatoms. The Morgan fingerprint density at radius 2 is 1.95 bits per heavy atom. The summed E-state index contributed by atoms with van der Waals surface area (Å²) in [5.41, 5.74) is 0. The molecule has 1 rings (SSSR count). The lowest BCUT2D eigenvalue weighted by atomic mass is 10.1. The van der Waals surface area contributed by atoms with Crippen LogP contribution in [-0.4, -0.2) is 27.5 Å². The van der Waals surface area contributed by atoms with Gasteiger partial charge in [-0.25, -0.2) is 8.42 Å². The average Bonchev–Trinajstić information content (AvgIpc) is 2.39. The van der Waals surface area contributed by atoms with Gasteiger partial charge in [0.2, 0.25) is 10.0 Å². The molecule has 1 unspecified atom stereocenters. The minimum absolute atomic E-state index is 0.0835. The topological polar surface area (TPSA) is 72.5 Å². The highest BCUT2D eigenvalue weighted by atomic mass is 35.5. The van der Waals surface area contributed by atoms with Crippen LogP contribution in [0.15, 0.2) is 23.1 Å². The molecule has 0 bridgehead atoms. The van der Waals surface area contributed by atoms with Crippen LogP contribution >= 0.6 is 23.2 Å². The normalized spacial score (nSPS) is 13.2. The predicted molar refractivity (Wildman–Crippen MR) is 82.0 cm³/mol. The molecule has 21 heavy (non-hydrogen) atoms. The fraction of sp³-hybridized carbons (Fsp3) is 0.462. The molecule has 0 saturated carbocycles. The second-order valence-corrected chi connectivity index (χ2v) is 7.35. The summed E-state index contributed by atoms with van der Waals surface area (Å²) in [5, 5.41) is 0.0397. The van der Waals surface area contributed by atoms with E-state index in [4.69, 9.17) is 23.2 Å². The van der Waals surface area contributed by atoms with Gasteiger partial charge in [-0.3, -0.25) is 4.79 Å². The van der Waals surface area contributed by atoms with Crippen molar-refractivity contribution in [2.24, 2.45) is 5.92 Å². The molecule has 0 spiro atoms. The number of methoxy groups -OCH3 is 1. The fourth-order valence-electron chi connectivity index (χ4n) is 1.75. The molecule has 1 aromatic rings. The summed E-state index contributed by atoms with van der Waals surface area (Å²) in [6.45, 7) is 3.74. The van der Waals surface area contributed by atoms with Crippen LogP contribution in [0.5, 0.6) is 0 Å². The molecule has 5 nitrogen and oxygen atoms in total. The largest absolute Gasteiger partial charge is 0.468 e. The lowest BCUT2D eigenvalue weighted by Crippen LogP contribution is -2.42. The van der Waals surface area contributed by atoms with Crippen LogP contribution in [0.3, 0.4) is 0 Å². The zero-order valence-corrected chi connectivity index (χ0v) is 14.2. The summed E-state index contributed by atoms with van der Waals surface area (Å²) in [5.74, 6) is -0.544. The first-order chi connectivity index (χ1) is 9.69. The number of sulfonamides is 1. The molecular weight excluding hydrogens is 337 g/mol. The minimum Gasteiger partial charge on any atom is -0.468 e. The van der Waals surface area contributed by atoms with Gasteiger partial charge < -0.3 is 4.74 Å². The first kappa shape index (κ1) is 18.2. The smallest absolute Gasteiger partial charge is 0.323 e. The highest BCUT2D eigenvalue weighted by Gasteiger charge is 2.28. The molecule has 0 aliphatic rings. The molecule has 0 aliphatic carbocycles. The SMILES string of the molecule is COC(=O)C(CC(C)C)NS(=O)(=O)c1cccc(Cl)c1Cl. The van der Waals surface area contributed by atoms with Gasteiger partial charge in [0.25, 0.3) is 0 Å². The molecule has 0 fully saturated rings. The Hall–Kier alpha value is -0.820.